The molecule has 0 spiro atoms. The average Bonchev–Trinajstić information content (AvgIpc) is 2.76. The van der Waals surface area contributed by atoms with E-state index >= 15 is 0 Å². The van der Waals surface area contributed by atoms with Crippen LogP contribution >= 0.6 is 0 Å². The molecule has 3 heteroatoms. The normalized spacial score (nSPS) is 11.2. The van der Waals surface area contributed by atoms with Gasteiger partial charge in [0.2, 0.25) is 0 Å². The van der Waals surface area contributed by atoms with Gasteiger partial charge in [0.05, 0.1) is 27.2 Å². The highest BCUT2D eigenvalue weighted by atomic mass is 16.3. The van der Waals surface area contributed by atoms with Crippen LogP contribution in [-0.2, 0) is 4.79 Å². The van der Waals surface area contributed by atoms with Crippen molar-refractivity contribution in [2.24, 2.45) is 0 Å². The monoisotopic (exact) mass is 455 g/mol. The minimum absolute atomic E-state index is 0.500. The molecule has 32 heavy (non-hydrogen) atoms. The van der Waals surface area contributed by atoms with Crippen LogP contribution < -0.4 is 5.11 Å². The van der Waals surface area contributed by atoms with Crippen LogP contribution in [0.3, 0.4) is 0 Å². The molecule has 0 aromatic carbocycles. The van der Waals surface area contributed by atoms with Crippen molar-refractivity contribution in [3.63, 3.8) is 0 Å². The zero-order chi connectivity index (χ0) is 24.2. The first-order valence-corrected chi connectivity index (χ1v) is 14.4. The van der Waals surface area contributed by atoms with Crippen LogP contribution in [0, 0.1) is 0 Å². The van der Waals surface area contributed by atoms with Crippen molar-refractivity contribution in [2.45, 2.75) is 155 Å². The average molecular weight is 456 g/mol. The largest absolute Gasteiger partial charge is 0.554 e. The molecule has 0 radical (unpaired) electrons. The second kappa shape index (κ2) is 28.5. The Morgan fingerprint density at radius 3 is 0.875 bits per heavy atom. The molecule has 0 saturated heterocycles. The number of carboxylic acid groups (broad SMARTS) is 1. The Balaban J connectivity index is 0. The first-order chi connectivity index (χ1) is 15.5. The van der Waals surface area contributed by atoms with Gasteiger partial charge in [-0.05, 0) is 25.7 Å². The molecule has 0 rings (SSSR count). The Morgan fingerprint density at radius 1 is 0.469 bits per heavy atom. The molecule has 0 aromatic heterocycles. The number of carbonyl (C=O) groups is 1. The topological polar surface area (TPSA) is 40.1 Å². The van der Waals surface area contributed by atoms with Gasteiger partial charge in [0.25, 0.3) is 0 Å². The van der Waals surface area contributed by atoms with Gasteiger partial charge in [-0.1, -0.05) is 129 Å². The van der Waals surface area contributed by atoms with E-state index in [2.05, 4.69) is 27.9 Å². The summed E-state index contributed by atoms with van der Waals surface area (Å²) >= 11 is 0. The van der Waals surface area contributed by atoms with E-state index in [1.807, 2.05) is 0 Å². The second-order valence-corrected chi connectivity index (χ2v) is 10.6. The van der Waals surface area contributed by atoms with Gasteiger partial charge < -0.3 is 14.4 Å². The van der Waals surface area contributed by atoms with Gasteiger partial charge in [-0.3, -0.25) is 0 Å². The number of rotatable bonds is 24. The molecule has 0 aromatic rings. The van der Waals surface area contributed by atoms with Gasteiger partial charge in [0.1, 0.15) is 0 Å². The summed E-state index contributed by atoms with van der Waals surface area (Å²) in [7, 11) is 4.90. The zero-order valence-corrected chi connectivity index (χ0v) is 22.8. The molecule has 194 valence electrons. The van der Waals surface area contributed by atoms with E-state index in [0.29, 0.717) is 0 Å². The third-order valence-corrected chi connectivity index (χ3v) is 6.73. The molecule has 0 aliphatic rings. The summed E-state index contributed by atoms with van der Waals surface area (Å²) in [6.07, 6.45) is 32.0. The predicted octanol–water partition coefficient (Wildman–Crippen LogP) is 8.05. The highest BCUT2D eigenvalue weighted by Crippen LogP contribution is 2.14. The van der Waals surface area contributed by atoms with Gasteiger partial charge >= 0.3 is 0 Å². The van der Waals surface area contributed by atoms with Crippen LogP contribution in [0.15, 0.2) is 0 Å². The molecule has 0 fully saturated rings. The summed E-state index contributed by atoms with van der Waals surface area (Å²) in [6.45, 7) is 6.87. The Morgan fingerprint density at radius 2 is 0.656 bits per heavy atom. The third-order valence-electron chi connectivity index (χ3n) is 6.73. The molecule has 0 amide bonds. The van der Waals surface area contributed by atoms with Crippen LogP contribution in [0.2, 0.25) is 0 Å². The summed E-state index contributed by atoms with van der Waals surface area (Å²) in [5.74, 6) is 0. The molecule has 0 atom stereocenters. The van der Waals surface area contributed by atoms with Crippen molar-refractivity contribution in [2.75, 3.05) is 27.2 Å². The first kappa shape index (κ1) is 33.6. The Labute approximate surface area is 203 Å². The highest BCUT2D eigenvalue weighted by molar-refractivity contribution is 5.29. The van der Waals surface area contributed by atoms with Gasteiger partial charge in [-0.2, -0.15) is 0 Å². The summed E-state index contributed by atoms with van der Waals surface area (Å²) < 4.78 is 1.24. The maximum Gasteiger partial charge on any atom is 0.0782 e. The lowest BCUT2D eigenvalue weighted by molar-refractivity contribution is -0.890. The predicted molar refractivity (Wildman–Crippen MR) is 141 cm³/mol. The van der Waals surface area contributed by atoms with E-state index in [9.17, 15) is 0 Å². The van der Waals surface area contributed by atoms with E-state index in [0.717, 1.165) is 0 Å². The van der Waals surface area contributed by atoms with Crippen LogP contribution in [-0.4, -0.2) is 38.1 Å². The van der Waals surface area contributed by atoms with Crippen molar-refractivity contribution < 1.29 is 14.4 Å². The maximum atomic E-state index is 8.25. The summed E-state index contributed by atoms with van der Waals surface area (Å²) in [4.78, 5) is 8.25. The lowest BCUT2D eigenvalue weighted by Crippen LogP contribution is -2.41. The number of nitrogens with zero attached hydrogens (tertiary/aromatic N) is 1. The SMILES string of the molecule is CCCCCCCCCCCCC[N+](C)(C)CCCCCCCCCCCCC.O=C[O-]. The highest BCUT2D eigenvalue weighted by Gasteiger charge is 2.13. The Hall–Kier alpha value is -0.570. The molecule has 0 unspecified atom stereocenters. The Bertz CT molecular complexity index is 316. The number of hydrogen-bond donors (Lipinski definition) is 0. The van der Waals surface area contributed by atoms with Gasteiger partial charge in [0.15, 0.2) is 0 Å². The van der Waals surface area contributed by atoms with E-state index < -0.39 is 6.47 Å². The van der Waals surface area contributed by atoms with Crippen molar-refractivity contribution in [1.82, 2.24) is 0 Å². The minimum atomic E-state index is -0.500. The van der Waals surface area contributed by atoms with Crippen molar-refractivity contribution in [3.05, 3.63) is 0 Å². The van der Waals surface area contributed by atoms with E-state index in [4.69, 9.17) is 9.90 Å². The van der Waals surface area contributed by atoms with E-state index in [1.165, 1.54) is 159 Å². The molecule has 0 aliphatic carbocycles. The summed E-state index contributed by atoms with van der Waals surface area (Å²) in [6, 6.07) is 0. The minimum Gasteiger partial charge on any atom is -0.554 e. The molecule has 0 N–H and O–H groups in total. The third kappa shape index (κ3) is 31.6. The number of quaternary nitrogens is 1. The van der Waals surface area contributed by atoms with Crippen molar-refractivity contribution in [1.29, 1.82) is 0 Å². The van der Waals surface area contributed by atoms with E-state index in [-0.39, 0.29) is 0 Å². The van der Waals surface area contributed by atoms with Crippen LogP contribution in [0.25, 0.3) is 0 Å². The van der Waals surface area contributed by atoms with Gasteiger partial charge in [-0.25, -0.2) is 0 Å². The summed E-state index contributed by atoms with van der Waals surface area (Å²) in [5, 5.41) is 8.25. The van der Waals surface area contributed by atoms with Crippen LogP contribution in [0.5, 0.6) is 0 Å². The smallest absolute Gasteiger partial charge is 0.0782 e. The number of carbonyl (C=O) groups excluding carboxylic acids is 1. The number of unbranched alkanes of at least 4 members (excludes halogenated alkanes) is 20. The first-order valence-electron chi connectivity index (χ1n) is 14.4. The lowest BCUT2D eigenvalue weighted by atomic mass is 10.1. The fraction of sp³-hybridized carbons (Fsp3) is 0.966. The fourth-order valence-corrected chi connectivity index (χ4v) is 4.52. The Kier molecular flexibility index (Phi) is 29.9. The molecule has 0 bridgehead atoms. The summed E-state index contributed by atoms with van der Waals surface area (Å²) in [5.41, 5.74) is 0. The molecule has 0 saturated carbocycles. The van der Waals surface area contributed by atoms with Crippen molar-refractivity contribution >= 4 is 6.47 Å². The molecular formula is C29H61NO2. The molecular weight excluding hydrogens is 394 g/mol. The van der Waals surface area contributed by atoms with E-state index in [1.54, 1.807) is 0 Å². The van der Waals surface area contributed by atoms with Crippen molar-refractivity contribution in [3.8, 4) is 0 Å². The van der Waals surface area contributed by atoms with Crippen LogP contribution in [0.1, 0.15) is 155 Å². The molecule has 0 aliphatic heterocycles. The molecule has 3 nitrogen and oxygen atoms in total. The molecule has 0 heterocycles. The van der Waals surface area contributed by atoms with Crippen LogP contribution in [0.4, 0.5) is 0 Å². The second-order valence-electron chi connectivity index (χ2n) is 10.6. The quantitative estimate of drug-likeness (QED) is 0.0838. The fourth-order valence-electron chi connectivity index (χ4n) is 4.52. The van der Waals surface area contributed by atoms with Gasteiger partial charge in [-0.15, -0.1) is 0 Å². The standard InChI is InChI=1S/C28H60N.CH2O2/c1-5-7-9-11-13-15-17-19-21-23-25-27-29(3,4)28-26-24-22-20-18-16-14-12-10-8-6-2;2-1-3/h5-28H2,1-4H3;1H,(H,2,3)/q+1;/p-1. The lowest BCUT2D eigenvalue weighted by Gasteiger charge is -2.30. The maximum absolute atomic E-state index is 8.25. The number of hydrogen-bond acceptors (Lipinski definition) is 2. The zero-order valence-electron chi connectivity index (χ0n) is 22.8. The van der Waals surface area contributed by atoms with Gasteiger partial charge in [0, 0.05) is 6.47 Å².